The minimum atomic E-state index is -1.25. The van der Waals surface area contributed by atoms with Crippen LogP contribution >= 0.6 is 11.6 Å². The van der Waals surface area contributed by atoms with Gasteiger partial charge in [-0.15, -0.1) is 0 Å². The van der Waals surface area contributed by atoms with Gasteiger partial charge in [-0.1, -0.05) is 84.1 Å². The normalized spacial score (nSPS) is 33.6. The number of aliphatic hydroxyl groups excluding tert-OH is 1. The van der Waals surface area contributed by atoms with Crippen molar-refractivity contribution in [2.45, 2.75) is 149 Å². The van der Waals surface area contributed by atoms with E-state index in [1.54, 1.807) is 26.0 Å². The highest BCUT2D eigenvalue weighted by Crippen LogP contribution is 2.70. The minimum Gasteiger partial charge on any atom is -0.457 e. The van der Waals surface area contributed by atoms with Crippen molar-refractivity contribution in [3.63, 3.8) is 0 Å². The van der Waals surface area contributed by atoms with Gasteiger partial charge in [-0.3, -0.25) is 19.4 Å². The molecule has 1 aromatic heterocycles. The molecule has 5 fully saturated rings. The van der Waals surface area contributed by atoms with Crippen LogP contribution in [0.15, 0.2) is 54.3 Å². The number of halogens is 1. The van der Waals surface area contributed by atoms with Crippen LogP contribution in [0.4, 0.5) is 5.69 Å². The Morgan fingerprint density at radius 3 is 2.56 bits per heavy atom. The third-order valence-electron chi connectivity index (χ3n) is 15.6. The summed E-state index contributed by atoms with van der Waals surface area (Å²) >= 11 is 6.04. The predicted molar refractivity (Wildman–Crippen MR) is 240 cm³/mol. The molecule has 2 N–H and O–H groups in total. The maximum absolute atomic E-state index is 14.2. The number of hydrogen-bond donors (Lipinski definition) is 2. The Bertz CT molecular complexity index is 1980. The lowest BCUT2D eigenvalue weighted by atomic mass is 9.46. The van der Waals surface area contributed by atoms with Crippen LogP contribution in [0, 0.1) is 40.4 Å². The van der Waals surface area contributed by atoms with Gasteiger partial charge in [0.05, 0.1) is 23.6 Å². The minimum absolute atomic E-state index is 0.0162. The summed E-state index contributed by atoms with van der Waals surface area (Å²) in [6.07, 6.45) is 16.4. The summed E-state index contributed by atoms with van der Waals surface area (Å²) in [5, 5.41) is 17.3. The highest BCUT2D eigenvalue weighted by molar-refractivity contribution is 6.31. The fourth-order valence-electron chi connectivity index (χ4n) is 12.4. The molecule has 4 saturated carbocycles. The van der Waals surface area contributed by atoms with E-state index < -0.39 is 35.5 Å². The maximum Gasteiger partial charge on any atom is 0.308 e. The lowest BCUT2D eigenvalue weighted by Gasteiger charge is -2.59. The number of anilines is 1. The second-order valence-electron chi connectivity index (χ2n) is 19.6. The zero-order valence-corrected chi connectivity index (χ0v) is 38.3. The molecular weight excluding hydrogens is 790 g/mol. The molecule has 2 heterocycles. The van der Waals surface area contributed by atoms with Gasteiger partial charge in [-0.2, -0.15) is 0 Å². The number of carbonyl (C=O) groups is 3. The number of aromatic nitrogens is 1. The molecule has 0 amide bonds. The second kappa shape index (κ2) is 18.9. The number of hydrogen-bond acceptors (Lipinski definition) is 10. The number of allylic oxidation sites excluding steroid dienone is 4. The lowest BCUT2D eigenvalue weighted by molar-refractivity contribution is -0.210. The van der Waals surface area contributed by atoms with Crippen LogP contribution in [0.5, 0.6) is 0 Å². The van der Waals surface area contributed by atoms with E-state index in [4.69, 9.17) is 25.8 Å². The Kier molecular flexibility index (Phi) is 14.2. The van der Waals surface area contributed by atoms with E-state index in [1.807, 2.05) is 36.5 Å². The van der Waals surface area contributed by atoms with Gasteiger partial charge in [0.25, 0.3) is 0 Å². The van der Waals surface area contributed by atoms with Gasteiger partial charge in [0.1, 0.15) is 0 Å². The van der Waals surface area contributed by atoms with Gasteiger partial charge in [0.2, 0.25) is 5.78 Å². The maximum atomic E-state index is 14.2. The largest absolute Gasteiger partial charge is 0.457 e. The molecule has 1 aliphatic heterocycles. The van der Waals surface area contributed by atoms with Crippen molar-refractivity contribution in [1.29, 1.82) is 0 Å². The summed E-state index contributed by atoms with van der Waals surface area (Å²) < 4.78 is 19.0. The number of carbonyl (C=O) groups excluding carboxylic acids is 3. The average Bonchev–Trinajstić information content (AvgIpc) is 3.75. The third-order valence-corrected chi connectivity index (χ3v) is 15.9. The van der Waals surface area contributed by atoms with Crippen molar-refractivity contribution < 1.29 is 33.7 Å². The monoisotopic (exact) mass is 859 g/mol. The molecule has 0 radical (unpaired) electrons. The first-order chi connectivity index (χ1) is 29.1. The molecule has 1 unspecified atom stereocenters. The predicted octanol–water partition coefficient (Wildman–Crippen LogP) is 9.51. The van der Waals surface area contributed by atoms with Gasteiger partial charge in [-0.25, -0.2) is 0 Å². The Morgan fingerprint density at radius 1 is 1.08 bits per heavy atom. The highest BCUT2D eigenvalue weighted by atomic mass is 35.5. The Balaban J connectivity index is 0.000000217. The standard InChI is InChI=1S/C32H44O7.C18H26ClN3/c1-18(2)28(36)37-17-25(35)32-26(38-29(39-32)19-8-6-5-7-9-19)15-23-22-11-10-20-14-21(33)12-13-30(20,3)27(22)24(34)16-31(23,32)4;1-4-22(5-2)12-6-7-14(3)21-17-10-11-20-18-13-15(19)8-9-16(17)18/h12-14,18-19,22-24,26-27,29,34H,5-11,15-17H2,1-4H3;8-11,13-14H,4-7,12H2,1-3H3,(H,20,21)/t22-,23-,24-,26+,27+,29+,30-,31-,32+;/m0./s1. The number of fused-ring (bicyclic) bond motifs is 8. The summed E-state index contributed by atoms with van der Waals surface area (Å²) in [4.78, 5) is 45.6. The van der Waals surface area contributed by atoms with E-state index in [0.717, 1.165) is 85.2 Å². The molecule has 8 rings (SSSR count). The highest BCUT2D eigenvalue weighted by Gasteiger charge is 2.76. The van der Waals surface area contributed by atoms with Crippen molar-refractivity contribution in [3.05, 3.63) is 59.3 Å². The SMILES string of the molecule is CC(C)C(=O)OCC(=O)[C@@]12O[C@H](C3CCCCC3)O[C@@H]1C[C@H]1[C@@H]3CCC4=CC(=O)C=C[C@]4(C)[C@H]3[C@@H](O)C[C@@]12C.CCN(CC)CCCC(C)Nc1ccnc2cc(Cl)ccc12. The fourth-order valence-corrected chi connectivity index (χ4v) is 12.5. The number of ketones is 2. The van der Waals surface area contributed by atoms with Crippen LogP contribution in [-0.2, 0) is 28.6 Å². The van der Waals surface area contributed by atoms with Crippen molar-refractivity contribution in [2.75, 3.05) is 31.6 Å². The Morgan fingerprint density at radius 2 is 1.84 bits per heavy atom. The van der Waals surface area contributed by atoms with Crippen LogP contribution in [0.3, 0.4) is 0 Å². The topological polar surface area (TPSA) is 127 Å². The fraction of sp³-hybridized carbons (Fsp3) is 0.680. The van der Waals surface area contributed by atoms with Gasteiger partial charge >= 0.3 is 5.97 Å². The summed E-state index contributed by atoms with van der Waals surface area (Å²) in [5.74, 6) is -0.471. The number of benzene rings is 1. The molecule has 61 heavy (non-hydrogen) atoms. The number of rotatable bonds is 13. The molecule has 334 valence electrons. The van der Waals surface area contributed by atoms with Crippen molar-refractivity contribution >= 4 is 45.7 Å². The summed E-state index contributed by atoms with van der Waals surface area (Å²) in [6, 6.07) is 8.35. The first kappa shape index (κ1) is 45.9. The number of nitrogens with zero attached hydrogens (tertiary/aromatic N) is 2. The Labute approximate surface area is 368 Å². The first-order valence-electron chi connectivity index (χ1n) is 23.3. The van der Waals surface area contributed by atoms with Gasteiger partial charge in [0.15, 0.2) is 24.3 Å². The summed E-state index contributed by atoms with van der Waals surface area (Å²) in [6.45, 7) is 17.6. The third kappa shape index (κ3) is 8.87. The van der Waals surface area contributed by atoms with Gasteiger partial charge < -0.3 is 29.5 Å². The second-order valence-corrected chi connectivity index (χ2v) is 20.0. The van der Waals surface area contributed by atoms with E-state index in [1.165, 1.54) is 19.4 Å². The van der Waals surface area contributed by atoms with E-state index in [-0.39, 0.29) is 53.2 Å². The molecule has 10 nitrogen and oxygen atoms in total. The number of aliphatic hydroxyl groups is 1. The molecule has 5 aliphatic carbocycles. The number of nitrogens with one attached hydrogen (secondary N) is 1. The van der Waals surface area contributed by atoms with E-state index in [9.17, 15) is 19.5 Å². The molecule has 10 atom stereocenters. The smallest absolute Gasteiger partial charge is 0.308 e. The molecule has 11 heteroatoms. The summed E-state index contributed by atoms with van der Waals surface area (Å²) in [7, 11) is 0. The van der Waals surface area contributed by atoms with Crippen molar-refractivity contribution in [2.24, 2.45) is 40.4 Å². The van der Waals surface area contributed by atoms with Gasteiger partial charge in [-0.05, 0) is 126 Å². The van der Waals surface area contributed by atoms with Crippen LogP contribution in [-0.4, -0.2) is 88.9 Å². The molecular formula is C50H70ClN3O7. The molecule has 1 aromatic carbocycles. The van der Waals surface area contributed by atoms with Crippen molar-refractivity contribution in [1.82, 2.24) is 9.88 Å². The van der Waals surface area contributed by atoms with Crippen LogP contribution < -0.4 is 5.32 Å². The molecule has 0 spiro atoms. The van der Waals surface area contributed by atoms with Crippen LogP contribution in [0.2, 0.25) is 5.02 Å². The molecule has 6 aliphatic rings. The Hall–Kier alpha value is -3.15. The van der Waals surface area contributed by atoms with Crippen LogP contribution in [0.25, 0.3) is 10.9 Å². The molecule has 0 bridgehead atoms. The molecule has 1 saturated heterocycles. The van der Waals surface area contributed by atoms with E-state index >= 15 is 0 Å². The van der Waals surface area contributed by atoms with Crippen molar-refractivity contribution in [3.8, 4) is 0 Å². The zero-order chi connectivity index (χ0) is 43.7. The zero-order valence-electron chi connectivity index (χ0n) is 37.6. The van der Waals surface area contributed by atoms with Crippen LogP contribution in [0.1, 0.15) is 119 Å². The lowest BCUT2D eigenvalue weighted by Crippen LogP contribution is -2.63. The number of esters is 1. The number of ether oxygens (including phenoxy) is 3. The molecule has 2 aromatic rings. The van der Waals surface area contributed by atoms with Gasteiger partial charge in [0, 0.05) is 51.0 Å². The quantitative estimate of drug-likeness (QED) is 0.188. The van der Waals surface area contributed by atoms with E-state index in [2.05, 4.69) is 49.8 Å². The average molecular weight is 861 g/mol. The van der Waals surface area contributed by atoms with E-state index in [0.29, 0.717) is 18.9 Å². The number of Topliss-reactive ketones (excluding diaryl/α,β-unsaturated/α-hetero) is 1. The summed E-state index contributed by atoms with van der Waals surface area (Å²) in [5.41, 5.74) is 0.886. The number of pyridine rings is 1. The first-order valence-corrected chi connectivity index (χ1v) is 23.7.